The minimum Gasteiger partial charge on any atom is -0.378 e. The number of hydrogen-bond acceptors (Lipinski definition) is 2. The highest BCUT2D eigenvalue weighted by Gasteiger charge is 2.58. The van der Waals surface area contributed by atoms with E-state index in [0.29, 0.717) is 23.6 Å². The van der Waals surface area contributed by atoms with Crippen molar-refractivity contribution in [2.75, 3.05) is 6.61 Å². The van der Waals surface area contributed by atoms with E-state index in [-0.39, 0.29) is 0 Å². The Bertz CT molecular complexity index is 455. The van der Waals surface area contributed by atoms with Crippen LogP contribution < -0.4 is 5.32 Å². The predicted molar refractivity (Wildman–Crippen MR) is 83.1 cm³/mol. The molecule has 3 heteroatoms. The largest absolute Gasteiger partial charge is 0.378 e. The topological polar surface area (TPSA) is 21.3 Å². The molecule has 2 saturated carbocycles. The maximum absolute atomic E-state index is 5.95. The molecule has 2 aliphatic carbocycles. The Morgan fingerprint density at radius 3 is 2.60 bits per heavy atom. The van der Waals surface area contributed by atoms with Crippen LogP contribution in [0.2, 0.25) is 5.02 Å². The summed E-state index contributed by atoms with van der Waals surface area (Å²) in [7, 11) is 0. The average Bonchev–Trinajstić information content (AvgIpc) is 2.36. The van der Waals surface area contributed by atoms with E-state index in [2.05, 4.69) is 31.3 Å². The van der Waals surface area contributed by atoms with Crippen molar-refractivity contribution in [2.24, 2.45) is 5.41 Å². The molecule has 0 radical (unpaired) electrons. The van der Waals surface area contributed by atoms with Crippen LogP contribution in [0.1, 0.15) is 51.1 Å². The summed E-state index contributed by atoms with van der Waals surface area (Å²) >= 11 is 5.95. The third-order valence-corrected chi connectivity index (χ3v) is 5.51. The second-order valence-electron chi connectivity index (χ2n) is 6.26. The monoisotopic (exact) mass is 293 g/mol. The minimum absolute atomic E-state index is 0.373. The summed E-state index contributed by atoms with van der Waals surface area (Å²) in [4.78, 5) is 0. The molecule has 20 heavy (non-hydrogen) atoms. The highest BCUT2D eigenvalue weighted by atomic mass is 35.5. The Kier molecular flexibility index (Phi) is 4.07. The van der Waals surface area contributed by atoms with Crippen molar-refractivity contribution in [1.29, 1.82) is 0 Å². The maximum Gasteiger partial charge on any atom is 0.0661 e. The van der Waals surface area contributed by atoms with E-state index in [1.54, 1.807) is 0 Å². The summed E-state index contributed by atoms with van der Waals surface area (Å²) in [6.07, 6.45) is 5.64. The lowest BCUT2D eigenvalue weighted by Crippen LogP contribution is -2.67. The molecule has 0 aromatic heterocycles. The van der Waals surface area contributed by atoms with Crippen LogP contribution in [0.3, 0.4) is 0 Å². The van der Waals surface area contributed by atoms with Crippen LogP contribution in [0.15, 0.2) is 24.3 Å². The number of halogens is 1. The van der Waals surface area contributed by atoms with E-state index < -0.39 is 0 Å². The van der Waals surface area contributed by atoms with Crippen molar-refractivity contribution >= 4 is 11.6 Å². The molecule has 2 fully saturated rings. The fourth-order valence-electron chi connectivity index (χ4n) is 3.82. The fourth-order valence-corrected chi connectivity index (χ4v) is 3.95. The van der Waals surface area contributed by atoms with Gasteiger partial charge in [-0.2, -0.15) is 0 Å². The summed E-state index contributed by atoms with van der Waals surface area (Å²) in [5.41, 5.74) is 1.74. The zero-order valence-electron chi connectivity index (χ0n) is 12.4. The van der Waals surface area contributed by atoms with Gasteiger partial charge in [0.2, 0.25) is 0 Å². The smallest absolute Gasteiger partial charge is 0.0661 e. The molecule has 3 rings (SSSR count). The molecule has 3 atom stereocenters. The molecule has 110 valence electrons. The van der Waals surface area contributed by atoms with Gasteiger partial charge in [0, 0.05) is 29.1 Å². The molecule has 2 nitrogen and oxygen atoms in total. The molecular weight excluding hydrogens is 270 g/mol. The Morgan fingerprint density at radius 1 is 1.35 bits per heavy atom. The standard InChI is InChI=1S/C17H24ClNO/c1-3-20-16-11-15(17(16)9-4-10-17)19-12(2)13-5-7-14(18)8-6-13/h5-8,12,15-16,19H,3-4,9-11H2,1-2H3. The van der Waals surface area contributed by atoms with E-state index in [1.807, 2.05) is 12.1 Å². The van der Waals surface area contributed by atoms with E-state index in [1.165, 1.54) is 24.8 Å². The molecule has 1 N–H and O–H groups in total. The van der Waals surface area contributed by atoms with Gasteiger partial charge in [0.1, 0.15) is 0 Å². The summed E-state index contributed by atoms with van der Waals surface area (Å²) in [6, 6.07) is 9.16. The quantitative estimate of drug-likeness (QED) is 0.872. The number of benzene rings is 1. The van der Waals surface area contributed by atoms with Gasteiger partial charge in [-0.15, -0.1) is 0 Å². The number of nitrogens with one attached hydrogen (secondary N) is 1. The molecule has 1 aromatic rings. The third-order valence-electron chi connectivity index (χ3n) is 5.26. The van der Waals surface area contributed by atoms with Crippen molar-refractivity contribution < 1.29 is 4.74 Å². The number of hydrogen-bond donors (Lipinski definition) is 1. The SMILES string of the molecule is CCOC1CC(NC(C)c2ccc(Cl)cc2)C12CCC2. The second-order valence-corrected chi connectivity index (χ2v) is 6.70. The molecule has 0 saturated heterocycles. The van der Waals surface area contributed by atoms with Gasteiger partial charge < -0.3 is 10.1 Å². The summed E-state index contributed by atoms with van der Waals surface area (Å²) in [5, 5.41) is 4.61. The third kappa shape index (κ3) is 2.38. The molecule has 2 aliphatic rings. The highest BCUT2D eigenvalue weighted by Crippen LogP contribution is 2.57. The van der Waals surface area contributed by atoms with Crippen LogP contribution in [-0.2, 0) is 4.74 Å². The normalized spacial score (nSPS) is 28.8. The van der Waals surface area contributed by atoms with Crippen LogP contribution in [-0.4, -0.2) is 18.8 Å². The van der Waals surface area contributed by atoms with Crippen molar-refractivity contribution in [3.63, 3.8) is 0 Å². The van der Waals surface area contributed by atoms with Crippen LogP contribution in [0.25, 0.3) is 0 Å². The predicted octanol–water partition coefficient (Wildman–Crippen LogP) is 4.34. The van der Waals surface area contributed by atoms with Crippen LogP contribution in [0.5, 0.6) is 0 Å². The highest BCUT2D eigenvalue weighted by molar-refractivity contribution is 6.30. The zero-order chi connectivity index (χ0) is 14.2. The van der Waals surface area contributed by atoms with E-state index in [0.717, 1.165) is 18.1 Å². The van der Waals surface area contributed by atoms with Crippen molar-refractivity contribution in [3.8, 4) is 0 Å². The van der Waals surface area contributed by atoms with Crippen molar-refractivity contribution in [1.82, 2.24) is 5.32 Å². The van der Waals surface area contributed by atoms with Crippen molar-refractivity contribution in [3.05, 3.63) is 34.9 Å². The maximum atomic E-state index is 5.95. The van der Waals surface area contributed by atoms with E-state index in [4.69, 9.17) is 16.3 Å². The summed E-state index contributed by atoms with van der Waals surface area (Å²) in [6.45, 7) is 5.18. The first-order valence-electron chi connectivity index (χ1n) is 7.79. The first kappa shape index (κ1) is 14.4. The summed E-state index contributed by atoms with van der Waals surface area (Å²) < 4.78 is 5.91. The fraction of sp³-hybridized carbons (Fsp3) is 0.647. The Morgan fingerprint density at radius 2 is 2.05 bits per heavy atom. The van der Waals surface area contributed by atoms with Gasteiger partial charge in [-0.1, -0.05) is 30.2 Å². The van der Waals surface area contributed by atoms with Gasteiger partial charge in [0.25, 0.3) is 0 Å². The van der Waals surface area contributed by atoms with Gasteiger partial charge in [0.15, 0.2) is 0 Å². The minimum atomic E-state index is 0.373. The van der Waals surface area contributed by atoms with Gasteiger partial charge >= 0.3 is 0 Å². The van der Waals surface area contributed by atoms with E-state index in [9.17, 15) is 0 Å². The number of rotatable bonds is 5. The Balaban J connectivity index is 1.62. The van der Waals surface area contributed by atoms with Crippen LogP contribution in [0, 0.1) is 5.41 Å². The molecule has 0 aliphatic heterocycles. The molecule has 3 unspecified atom stereocenters. The molecule has 0 amide bonds. The lowest BCUT2D eigenvalue weighted by Gasteiger charge is -2.61. The first-order chi connectivity index (χ1) is 9.65. The van der Waals surface area contributed by atoms with Gasteiger partial charge in [-0.25, -0.2) is 0 Å². The zero-order valence-corrected chi connectivity index (χ0v) is 13.1. The Labute approximate surface area is 126 Å². The lowest BCUT2D eigenvalue weighted by atomic mass is 9.51. The van der Waals surface area contributed by atoms with Crippen LogP contribution >= 0.6 is 11.6 Å². The molecule has 1 aromatic carbocycles. The number of ether oxygens (including phenoxy) is 1. The van der Waals surface area contributed by atoms with Gasteiger partial charge in [-0.05, 0) is 50.8 Å². The molecular formula is C17H24ClNO. The molecule has 0 heterocycles. The van der Waals surface area contributed by atoms with Gasteiger partial charge in [-0.3, -0.25) is 0 Å². The average molecular weight is 294 g/mol. The van der Waals surface area contributed by atoms with Crippen LogP contribution in [0.4, 0.5) is 0 Å². The first-order valence-corrected chi connectivity index (χ1v) is 8.16. The molecule has 0 bridgehead atoms. The molecule has 1 spiro atoms. The Hall–Kier alpha value is -0.570. The van der Waals surface area contributed by atoms with E-state index >= 15 is 0 Å². The summed E-state index contributed by atoms with van der Waals surface area (Å²) in [5.74, 6) is 0. The second kappa shape index (κ2) is 5.67. The van der Waals surface area contributed by atoms with Crippen molar-refractivity contribution in [2.45, 2.75) is 57.7 Å². The van der Waals surface area contributed by atoms with Gasteiger partial charge in [0.05, 0.1) is 6.10 Å². The lowest BCUT2D eigenvalue weighted by molar-refractivity contribution is -0.174.